The summed E-state index contributed by atoms with van der Waals surface area (Å²) in [6.45, 7) is 71.8. The van der Waals surface area contributed by atoms with Crippen LogP contribution in [0, 0.1) is 62.3 Å². The van der Waals surface area contributed by atoms with Gasteiger partial charge in [0.15, 0.2) is 5.69 Å². The molecule has 15 heteroatoms. The molecule has 8 aromatic carbocycles. The zero-order chi connectivity index (χ0) is 97.1. The minimum absolute atomic E-state index is 0.943. The van der Waals surface area contributed by atoms with E-state index in [0.717, 1.165) is 28.2 Å². The van der Waals surface area contributed by atoms with E-state index in [1.54, 1.807) is 6.33 Å². The van der Waals surface area contributed by atoms with Crippen LogP contribution in [0.4, 0.5) is 0 Å². The van der Waals surface area contributed by atoms with Gasteiger partial charge in [-0.05, 0) is 156 Å². The number of benzene rings is 8. The molecule has 18 aromatic rings. The van der Waals surface area contributed by atoms with Gasteiger partial charge >= 0.3 is 5.82 Å². The molecule has 0 aliphatic rings. The van der Waals surface area contributed by atoms with Gasteiger partial charge in [0.25, 0.3) is 23.1 Å². The standard InChI is InChI=1S/C21H23N2.C19H20N3.C18H17N2O.C18H17N2S.C10H13N4.13C2H6/c1-12-8-7-9-17-18(12)21-22(6)10-11-23(21)20-16(5)14(3)13(2)15(4)19(17)20;1-13-11-16-14-7-5-6-8-17(14)22(4)18(16)12-15(13)19-20(2)9-10-21(19)3;2*1-12-10-15-13-6-4-5-7-16(13)21-17(15)11-14(12)18-19(2)8-9-20(18)3;1-8-6-11-7-12-9(8)10-13(2)4-5-14(10)3;13*1-2/h7-11H,1-6H3;5-12H,1-4H3;2*4-11H,1-3H3;4-7H,1-3H3;13*1-2H3/q5*+1;;;;;;;;;;;;;. The maximum Gasteiger partial charge on any atom is 0.307 e. The van der Waals surface area contributed by atoms with Gasteiger partial charge in [0, 0.05) is 87.9 Å². The SMILES string of the molecule is CC.CC.CC.CC.CC.CC.CC.CC.CC.CC.CC.CC.CC.Cc1c(C)c(C)c2c(c1C)c1cccc(C)c1c1n2cc[n+]1C.Cc1cc2c(cc1-c1n(C)cc[n+]1C)oc1ccccc12.Cc1cc2c(cc1-c1n(C)cc[n+]1C)sc1ccccc12.Cc1cc2c3ccccc3n(C)c2cc1-c1n(C)cc[n+]1C.Cc1cncnc1-c1n(C)cc[n+]1C. The third kappa shape index (κ3) is 25.4. The zero-order valence-electron chi connectivity index (χ0n) is 87.7. The predicted molar refractivity (Wildman–Crippen MR) is 562 cm³/mol. The van der Waals surface area contributed by atoms with E-state index in [2.05, 4.69) is 337 Å². The highest BCUT2D eigenvalue weighted by Crippen LogP contribution is 2.41. The lowest BCUT2D eigenvalue weighted by Gasteiger charge is -2.15. The summed E-state index contributed by atoms with van der Waals surface area (Å²) < 4.78 is 32.7. The molecule has 0 unspecified atom stereocenters. The van der Waals surface area contributed by atoms with Gasteiger partial charge in [0.2, 0.25) is 0 Å². The van der Waals surface area contributed by atoms with Crippen LogP contribution in [-0.4, -0.2) is 37.2 Å². The van der Waals surface area contributed by atoms with Crippen molar-refractivity contribution in [1.82, 2.24) is 37.2 Å². The van der Waals surface area contributed by atoms with Crippen molar-refractivity contribution in [1.29, 1.82) is 0 Å². The Hall–Kier alpha value is -11.3. The lowest BCUT2D eigenvalue weighted by Crippen LogP contribution is -2.29. The molecule has 10 heterocycles. The lowest BCUT2D eigenvalue weighted by molar-refractivity contribution is -0.659. The van der Waals surface area contributed by atoms with E-state index in [1.165, 1.54) is 159 Å². The molecule has 0 saturated carbocycles. The number of hydrogen-bond acceptors (Lipinski definition) is 4. The highest BCUT2D eigenvalue weighted by molar-refractivity contribution is 7.25. The molecule has 127 heavy (non-hydrogen) atoms. The van der Waals surface area contributed by atoms with Crippen molar-refractivity contribution in [3.8, 4) is 45.7 Å². The molecule has 18 rings (SSSR count). The predicted octanol–water partition coefficient (Wildman–Crippen LogP) is 30.0. The first kappa shape index (κ1) is 114. The number of thiophene rings is 1. The highest BCUT2D eigenvalue weighted by Gasteiger charge is 2.26. The van der Waals surface area contributed by atoms with Gasteiger partial charge in [0.1, 0.15) is 85.0 Å². The Morgan fingerprint density at radius 2 is 0.717 bits per heavy atom. The Morgan fingerprint density at radius 3 is 1.20 bits per heavy atom. The molecule has 0 radical (unpaired) electrons. The minimum atomic E-state index is 0.943. The molecule has 0 amide bonds. The molecule has 688 valence electrons. The molecular weight excluding hydrogens is 1580 g/mol. The molecule has 0 aliphatic carbocycles. The molecule has 0 fully saturated rings. The fourth-order valence-corrected chi connectivity index (χ4v) is 16.4. The molecular formula is C112H168N13OS+5. The fourth-order valence-electron chi connectivity index (χ4n) is 15.3. The van der Waals surface area contributed by atoms with Crippen LogP contribution in [0.3, 0.4) is 0 Å². The number of imidazole rings is 5. The van der Waals surface area contributed by atoms with Crippen LogP contribution in [0.25, 0.3) is 137 Å². The summed E-state index contributed by atoms with van der Waals surface area (Å²) in [5.41, 5.74) is 23.8. The number of nitrogens with zero attached hydrogens (tertiary/aromatic N) is 13. The van der Waals surface area contributed by atoms with E-state index < -0.39 is 0 Å². The van der Waals surface area contributed by atoms with Crippen LogP contribution < -0.4 is 22.8 Å². The summed E-state index contributed by atoms with van der Waals surface area (Å²) in [5.74, 6) is 4.73. The number of aryl methyl sites for hydroxylation is 17. The van der Waals surface area contributed by atoms with Crippen molar-refractivity contribution in [2.45, 2.75) is 242 Å². The second-order valence-electron chi connectivity index (χ2n) is 27.5. The smallest absolute Gasteiger partial charge is 0.307 e. The summed E-state index contributed by atoms with van der Waals surface area (Å²) in [4.78, 5) is 8.27. The van der Waals surface area contributed by atoms with Crippen molar-refractivity contribution in [2.75, 3.05) is 0 Å². The first-order chi connectivity index (χ1) is 61.5. The van der Waals surface area contributed by atoms with Crippen molar-refractivity contribution in [2.24, 2.45) is 70.5 Å². The Labute approximate surface area is 772 Å². The number of aromatic nitrogens is 13. The van der Waals surface area contributed by atoms with Crippen LogP contribution >= 0.6 is 11.3 Å². The van der Waals surface area contributed by atoms with Gasteiger partial charge in [-0.25, -0.2) is 51.1 Å². The molecule has 0 saturated heterocycles. The Bertz CT molecular complexity index is 6050. The van der Waals surface area contributed by atoms with Crippen molar-refractivity contribution in [3.63, 3.8) is 0 Å². The van der Waals surface area contributed by atoms with Crippen molar-refractivity contribution < 1.29 is 27.3 Å². The number of para-hydroxylation sites is 2. The third-order valence-corrected chi connectivity index (χ3v) is 22.1. The molecule has 14 nitrogen and oxygen atoms in total. The normalized spacial score (nSPS) is 9.77. The number of hydrogen-bond donors (Lipinski definition) is 0. The highest BCUT2D eigenvalue weighted by atomic mass is 32.1. The monoisotopic (exact) mass is 1740 g/mol. The molecule has 0 bridgehead atoms. The van der Waals surface area contributed by atoms with E-state index in [0.29, 0.717) is 0 Å². The summed E-state index contributed by atoms with van der Waals surface area (Å²) in [6.07, 6.45) is 24.3. The summed E-state index contributed by atoms with van der Waals surface area (Å²) >= 11 is 1.88. The van der Waals surface area contributed by atoms with E-state index in [1.807, 2.05) is 243 Å². The maximum atomic E-state index is 6.01. The number of fused-ring (bicyclic) bond motifs is 15. The van der Waals surface area contributed by atoms with Gasteiger partial charge in [-0.1, -0.05) is 253 Å². The molecule has 0 atom stereocenters. The summed E-state index contributed by atoms with van der Waals surface area (Å²) in [6, 6.07) is 45.8. The topological polar surface area (TPSA) is 87.4 Å². The average Bonchev–Trinajstić information content (AvgIpc) is 1.67. The van der Waals surface area contributed by atoms with Gasteiger partial charge in [-0.15, -0.1) is 11.3 Å². The second-order valence-corrected chi connectivity index (χ2v) is 28.6. The Morgan fingerprint density at radius 1 is 0.307 bits per heavy atom. The number of furan rings is 1. The maximum absolute atomic E-state index is 6.01. The first-order valence-corrected chi connectivity index (χ1v) is 48.2. The molecule has 0 N–H and O–H groups in total. The summed E-state index contributed by atoms with van der Waals surface area (Å²) in [5, 5.41) is 11.9. The average molecular weight is 1740 g/mol. The molecule has 10 aromatic heterocycles. The number of pyridine rings is 1. The fraction of sp³-hybridized carbons (Fsp3) is 0.402. The molecule has 0 spiro atoms. The quantitative estimate of drug-likeness (QED) is 0.130. The van der Waals surface area contributed by atoms with Gasteiger partial charge in [-0.2, -0.15) is 4.40 Å². The summed E-state index contributed by atoms with van der Waals surface area (Å²) in [7, 11) is 20.8. The van der Waals surface area contributed by atoms with Crippen molar-refractivity contribution in [3.05, 3.63) is 252 Å². The lowest BCUT2D eigenvalue weighted by atomic mass is 9.91. The third-order valence-electron chi connectivity index (χ3n) is 20.9. The Balaban J connectivity index is 0.000000748. The van der Waals surface area contributed by atoms with Gasteiger partial charge in [-0.3, -0.25) is 0 Å². The first-order valence-electron chi connectivity index (χ1n) is 47.4. The van der Waals surface area contributed by atoms with Crippen LogP contribution in [0.5, 0.6) is 0 Å². The zero-order valence-corrected chi connectivity index (χ0v) is 88.5. The Kier molecular flexibility index (Phi) is 51.4. The van der Waals surface area contributed by atoms with Gasteiger partial charge in [0.05, 0.1) is 85.5 Å². The minimum Gasteiger partial charge on any atom is -0.456 e. The van der Waals surface area contributed by atoms with Crippen LogP contribution in [-0.2, 0) is 70.5 Å². The van der Waals surface area contributed by atoms with Crippen molar-refractivity contribution >= 4 is 103 Å². The van der Waals surface area contributed by atoms with E-state index >= 15 is 0 Å². The van der Waals surface area contributed by atoms with E-state index in [9.17, 15) is 0 Å². The number of rotatable bonds is 4. The largest absolute Gasteiger partial charge is 0.456 e. The molecule has 0 aliphatic heterocycles. The van der Waals surface area contributed by atoms with E-state index in [-0.39, 0.29) is 0 Å². The van der Waals surface area contributed by atoms with E-state index in [4.69, 9.17) is 4.42 Å². The van der Waals surface area contributed by atoms with Crippen LogP contribution in [0.2, 0.25) is 0 Å². The van der Waals surface area contributed by atoms with Gasteiger partial charge < -0.3 is 8.98 Å². The van der Waals surface area contributed by atoms with Crippen LogP contribution in [0.15, 0.2) is 206 Å². The van der Waals surface area contributed by atoms with Crippen LogP contribution in [0.1, 0.15) is 230 Å². The second kappa shape index (κ2) is 57.4.